The fraction of sp³-hybridized carbons (Fsp3) is 0.300. The van der Waals surface area contributed by atoms with Crippen molar-refractivity contribution in [3.8, 4) is 0 Å². The average molecular weight is 359 g/mol. The molecule has 0 aliphatic carbocycles. The number of halogens is 1. The number of aryl methyl sites for hydroxylation is 1. The van der Waals surface area contributed by atoms with Gasteiger partial charge in [-0.1, -0.05) is 37.6 Å². The molecule has 2 rings (SSSR count). The third-order valence-corrected chi connectivity index (χ3v) is 4.23. The van der Waals surface area contributed by atoms with Crippen LogP contribution in [0.3, 0.4) is 0 Å². The Labute approximate surface area is 153 Å². The van der Waals surface area contributed by atoms with E-state index in [1.807, 2.05) is 31.2 Å². The van der Waals surface area contributed by atoms with Gasteiger partial charge >= 0.3 is 0 Å². The third-order valence-electron chi connectivity index (χ3n) is 3.99. The van der Waals surface area contributed by atoms with E-state index in [0.29, 0.717) is 22.3 Å². The summed E-state index contributed by atoms with van der Waals surface area (Å²) in [5.41, 5.74) is 3.45. The molecule has 0 radical (unpaired) electrons. The number of rotatable bonds is 5. The number of hydrogen-bond acceptors (Lipinski definition) is 2. The van der Waals surface area contributed by atoms with Gasteiger partial charge in [0.15, 0.2) is 0 Å². The van der Waals surface area contributed by atoms with Crippen LogP contribution in [0.1, 0.15) is 37.8 Å². The van der Waals surface area contributed by atoms with E-state index in [0.717, 1.165) is 5.56 Å². The molecule has 2 amide bonds. The van der Waals surface area contributed by atoms with Gasteiger partial charge in [-0.3, -0.25) is 9.59 Å². The highest BCUT2D eigenvalue weighted by molar-refractivity contribution is 6.30. The highest BCUT2D eigenvalue weighted by Crippen LogP contribution is 2.24. The second kappa shape index (κ2) is 8.17. The van der Waals surface area contributed by atoms with Gasteiger partial charge in [-0.15, -0.1) is 0 Å². The summed E-state index contributed by atoms with van der Waals surface area (Å²) in [5, 5.41) is 3.43. The highest BCUT2D eigenvalue weighted by atomic mass is 35.5. The van der Waals surface area contributed by atoms with E-state index in [9.17, 15) is 9.59 Å². The van der Waals surface area contributed by atoms with Crippen molar-refractivity contribution in [3.63, 3.8) is 0 Å². The van der Waals surface area contributed by atoms with Gasteiger partial charge in [-0.05, 0) is 54.3 Å². The van der Waals surface area contributed by atoms with Crippen LogP contribution in [0.15, 0.2) is 42.5 Å². The van der Waals surface area contributed by atoms with Crippen molar-refractivity contribution in [2.24, 2.45) is 0 Å². The molecule has 25 heavy (non-hydrogen) atoms. The zero-order valence-electron chi connectivity index (χ0n) is 15.0. The smallest absolute Gasteiger partial charge is 0.244 e. The molecular formula is C20H23ClN2O2. The van der Waals surface area contributed by atoms with Crippen LogP contribution in [0.2, 0.25) is 5.02 Å². The maximum absolute atomic E-state index is 12.4. The molecule has 0 atom stereocenters. The van der Waals surface area contributed by atoms with E-state index >= 15 is 0 Å². The predicted octanol–water partition coefficient (Wildman–Crippen LogP) is 4.76. The van der Waals surface area contributed by atoms with Crippen LogP contribution in [0.4, 0.5) is 11.4 Å². The minimum Gasteiger partial charge on any atom is -0.325 e. The van der Waals surface area contributed by atoms with Crippen molar-refractivity contribution in [3.05, 3.63) is 58.6 Å². The molecule has 0 spiro atoms. The number of anilines is 2. The van der Waals surface area contributed by atoms with Crippen LogP contribution in [0, 0.1) is 6.92 Å². The van der Waals surface area contributed by atoms with Crippen LogP contribution in [0.5, 0.6) is 0 Å². The van der Waals surface area contributed by atoms with Crippen molar-refractivity contribution in [1.82, 2.24) is 0 Å². The van der Waals surface area contributed by atoms with E-state index in [-0.39, 0.29) is 18.4 Å². The molecule has 0 aromatic heterocycles. The van der Waals surface area contributed by atoms with Gasteiger partial charge in [0.25, 0.3) is 0 Å². The second-order valence-electron chi connectivity index (χ2n) is 6.36. The van der Waals surface area contributed by atoms with Crippen molar-refractivity contribution in [2.75, 3.05) is 16.8 Å². The van der Waals surface area contributed by atoms with Crippen LogP contribution in [0.25, 0.3) is 0 Å². The zero-order chi connectivity index (χ0) is 18.6. The van der Waals surface area contributed by atoms with Gasteiger partial charge < -0.3 is 10.2 Å². The SMILES string of the molecule is CC(=O)N(CC(=O)Nc1ccc(C(C)C)cc1)c1ccc(Cl)cc1C. The van der Waals surface area contributed by atoms with E-state index in [1.54, 1.807) is 18.2 Å². The molecule has 0 fully saturated rings. The third kappa shape index (κ3) is 5.07. The molecule has 0 bridgehead atoms. The van der Waals surface area contributed by atoms with E-state index < -0.39 is 0 Å². The summed E-state index contributed by atoms with van der Waals surface area (Å²) in [6, 6.07) is 13.0. The minimum atomic E-state index is -0.248. The van der Waals surface area contributed by atoms with Gasteiger partial charge in [-0.25, -0.2) is 0 Å². The number of carbonyl (C=O) groups excluding carboxylic acids is 2. The Morgan fingerprint density at radius 3 is 2.28 bits per heavy atom. The number of hydrogen-bond donors (Lipinski definition) is 1. The lowest BCUT2D eigenvalue weighted by molar-refractivity contribution is -0.120. The fourth-order valence-electron chi connectivity index (χ4n) is 2.58. The number of benzene rings is 2. The largest absolute Gasteiger partial charge is 0.325 e. The monoisotopic (exact) mass is 358 g/mol. The number of carbonyl (C=O) groups is 2. The molecule has 0 saturated heterocycles. The lowest BCUT2D eigenvalue weighted by Crippen LogP contribution is -2.37. The predicted molar refractivity (Wildman–Crippen MR) is 103 cm³/mol. The molecule has 4 nitrogen and oxygen atoms in total. The Morgan fingerprint density at radius 2 is 1.76 bits per heavy atom. The first-order valence-corrected chi connectivity index (χ1v) is 8.59. The van der Waals surface area contributed by atoms with Crippen molar-refractivity contribution in [2.45, 2.75) is 33.6 Å². The number of nitrogens with zero attached hydrogens (tertiary/aromatic N) is 1. The van der Waals surface area contributed by atoms with Gasteiger partial charge in [0.1, 0.15) is 6.54 Å². The van der Waals surface area contributed by atoms with E-state index in [1.165, 1.54) is 17.4 Å². The summed E-state index contributed by atoms with van der Waals surface area (Å²) >= 11 is 5.97. The zero-order valence-corrected chi connectivity index (χ0v) is 15.7. The summed E-state index contributed by atoms with van der Waals surface area (Å²) < 4.78 is 0. The normalized spacial score (nSPS) is 10.6. The van der Waals surface area contributed by atoms with Crippen molar-refractivity contribution >= 4 is 34.8 Å². The van der Waals surface area contributed by atoms with E-state index in [4.69, 9.17) is 11.6 Å². The molecule has 132 valence electrons. The fourth-order valence-corrected chi connectivity index (χ4v) is 2.81. The van der Waals surface area contributed by atoms with Gasteiger partial charge in [0.05, 0.1) is 0 Å². The Balaban J connectivity index is 2.11. The maximum Gasteiger partial charge on any atom is 0.244 e. The summed E-state index contributed by atoms with van der Waals surface area (Å²) in [4.78, 5) is 25.8. The van der Waals surface area contributed by atoms with Gasteiger partial charge in [0, 0.05) is 23.3 Å². The molecule has 0 unspecified atom stereocenters. The maximum atomic E-state index is 12.4. The number of nitrogens with one attached hydrogen (secondary N) is 1. The molecule has 0 aliphatic heterocycles. The minimum absolute atomic E-state index is 0.0518. The molecular weight excluding hydrogens is 336 g/mol. The average Bonchev–Trinajstić information content (AvgIpc) is 2.53. The van der Waals surface area contributed by atoms with Crippen LogP contribution < -0.4 is 10.2 Å². The lowest BCUT2D eigenvalue weighted by atomic mass is 10.0. The first-order valence-electron chi connectivity index (χ1n) is 8.22. The first kappa shape index (κ1) is 19.0. The molecule has 2 aromatic rings. The summed E-state index contributed by atoms with van der Waals surface area (Å²) in [6.07, 6.45) is 0. The first-order chi connectivity index (χ1) is 11.8. The number of amides is 2. The van der Waals surface area contributed by atoms with Crippen molar-refractivity contribution < 1.29 is 9.59 Å². The molecule has 0 heterocycles. The summed E-state index contributed by atoms with van der Waals surface area (Å²) in [6.45, 7) is 7.49. The quantitative estimate of drug-likeness (QED) is 0.837. The van der Waals surface area contributed by atoms with E-state index in [2.05, 4.69) is 19.2 Å². The molecule has 0 saturated carbocycles. The Kier molecular flexibility index (Phi) is 6.21. The van der Waals surface area contributed by atoms with Crippen LogP contribution in [-0.4, -0.2) is 18.4 Å². The lowest BCUT2D eigenvalue weighted by Gasteiger charge is -2.22. The molecule has 2 aromatic carbocycles. The molecule has 1 N–H and O–H groups in total. The molecule has 5 heteroatoms. The van der Waals surface area contributed by atoms with Gasteiger partial charge in [0.2, 0.25) is 11.8 Å². The van der Waals surface area contributed by atoms with Crippen LogP contribution >= 0.6 is 11.6 Å². The standard InChI is InChI=1S/C20H23ClN2O2/c1-13(2)16-5-8-18(9-6-16)22-20(25)12-23(15(4)24)19-10-7-17(21)11-14(19)3/h5-11,13H,12H2,1-4H3,(H,22,25). The summed E-state index contributed by atoms with van der Waals surface area (Å²) in [7, 11) is 0. The van der Waals surface area contributed by atoms with Crippen molar-refractivity contribution in [1.29, 1.82) is 0 Å². The molecule has 0 aliphatic rings. The Morgan fingerprint density at radius 1 is 1.12 bits per heavy atom. The Hall–Kier alpha value is -2.33. The highest BCUT2D eigenvalue weighted by Gasteiger charge is 2.18. The second-order valence-corrected chi connectivity index (χ2v) is 6.80. The summed E-state index contributed by atoms with van der Waals surface area (Å²) in [5.74, 6) is -0.0107. The topological polar surface area (TPSA) is 49.4 Å². The Bertz CT molecular complexity index is 770. The van der Waals surface area contributed by atoms with Crippen LogP contribution in [-0.2, 0) is 9.59 Å². The van der Waals surface area contributed by atoms with Gasteiger partial charge in [-0.2, -0.15) is 0 Å².